The summed E-state index contributed by atoms with van der Waals surface area (Å²) in [4.78, 5) is 4.50. The van der Waals surface area contributed by atoms with Gasteiger partial charge in [0.1, 0.15) is 6.61 Å². The Labute approximate surface area is 121 Å². The fraction of sp³-hybridized carbons (Fsp3) is 0.417. The predicted molar refractivity (Wildman–Crippen MR) is 80.2 cm³/mol. The zero-order chi connectivity index (χ0) is 11.6. The predicted octanol–water partition coefficient (Wildman–Crippen LogP) is 4.27. The van der Waals surface area contributed by atoms with Crippen molar-refractivity contribution in [2.75, 3.05) is 6.61 Å². The average Bonchev–Trinajstić information content (AvgIpc) is 2.56. The first-order chi connectivity index (χ1) is 7.55. The number of benzene rings is 1. The molecule has 1 aromatic carbocycles. The van der Waals surface area contributed by atoms with Gasteiger partial charge in [-0.2, -0.15) is 0 Å². The third-order valence-electron chi connectivity index (χ3n) is 2.19. The fourth-order valence-corrected chi connectivity index (χ4v) is 2.77. The van der Waals surface area contributed by atoms with E-state index in [-0.39, 0.29) is 17.9 Å². The normalized spacial score (nSPS) is 17.0. The van der Waals surface area contributed by atoms with Crippen LogP contribution in [0.4, 0.5) is 0 Å². The van der Waals surface area contributed by atoms with Gasteiger partial charge < -0.3 is 4.74 Å². The second-order valence-electron chi connectivity index (χ2n) is 4.40. The quantitative estimate of drug-likeness (QED) is 0.804. The molecule has 1 aromatic rings. The molecular weight excluding hydrogens is 322 g/mol. The monoisotopic (exact) mass is 335 g/mol. The maximum atomic E-state index is 5.52. The Morgan fingerprint density at radius 3 is 2.82 bits per heavy atom. The highest BCUT2D eigenvalue weighted by Crippen LogP contribution is 2.25. The third-order valence-corrected chi connectivity index (χ3v) is 3.62. The van der Waals surface area contributed by atoms with Crippen LogP contribution in [0.5, 0.6) is 0 Å². The van der Waals surface area contributed by atoms with Crippen LogP contribution >= 0.6 is 40.1 Å². The standard InChI is InChI=1S/C12H14BrNOS.ClH/c1-12(2)8-15-11(14-12)16-7-9-4-3-5-10(13)6-9;/h3-6H,7-8H2,1-2H3;1H. The maximum absolute atomic E-state index is 5.52. The number of ether oxygens (including phenoxy) is 1. The second-order valence-corrected chi connectivity index (χ2v) is 6.24. The second kappa shape index (κ2) is 6.12. The van der Waals surface area contributed by atoms with Crippen LogP contribution < -0.4 is 0 Å². The minimum atomic E-state index is -0.0559. The number of hydrogen-bond acceptors (Lipinski definition) is 3. The van der Waals surface area contributed by atoms with E-state index in [1.54, 1.807) is 11.8 Å². The summed E-state index contributed by atoms with van der Waals surface area (Å²) in [6.07, 6.45) is 0. The van der Waals surface area contributed by atoms with Crippen molar-refractivity contribution in [3.05, 3.63) is 34.3 Å². The van der Waals surface area contributed by atoms with E-state index in [1.165, 1.54) is 5.56 Å². The Bertz CT molecular complexity index is 423. The van der Waals surface area contributed by atoms with Gasteiger partial charge in [0.25, 0.3) is 0 Å². The summed E-state index contributed by atoms with van der Waals surface area (Å²) in [6, 6.07) is 8.30. The van der Waals surface area contributed by atoms with E-state index >= 15 is 0 Å². The van der Waals surface area contributed by atoms with Crippen LogP contribution in [0.1, 0.15) is 19.4 Å². The molecule has 0 N–H and O–H groups in total. The van der Waals surface area contributed by atoms with Gasteiger partial charge in [-0.15, -0.1) is 12.4 Å². The number of halogens is 2. The molecule has 2 rings (SSSR count). The van der Waals surface area contributed by atoms with Crippen LogP contribution in [0.2, 0.25) is 0 Å². The summed E-state index contributed by atoms with van der Waals surface area (Å²) in [5, 5.41) is 0.810. The van der Waals surface area contributed by atoms with Crippen molar-refractivity contribution in [1.82, 2.24) is 0 Å². The lowest BCUT2D eigenvalue weighted by atomic mass is 10.1. The highest BCUT2D eigenvalue weighted by molar-refractivity contribution is 9.10. The molecule has 0 aromatic heterocycles. The molecule has 0 saturated heterocycles. The van der Waals surface area contributed by atoms with E-state index in [1.807, 2.05) is 12.1 Å². The van der Waals surface area contributed by atoms with Crippen molar-refractivity contribution in [2.24, 2.45) is 4.99 Å². The van der Waals surface area contributed by atoms with Gasteiger partial charge >= 0.3 is 0 Å². The van der Waals surface area contributed by atoms with Crippen molar-refractivity contribution in [2.45, 2.75) is 25.1 Å². The van der Waals surface area contributed by atoms with Crippen LogP contribution in [0.25, 0.3) is 0 Å². The summed E-state index contributed by atoms with van der Waals surface area (Å²) in [6.45, 7) is 4.85. The van der Waals surface area contributed by atoms with Crippen molar-refractivity contribution in [3.63, 3.8) is 0 Å². The Balaban J connectivity index is 0.00000144. The van der Waals surface area contributed by atoms with Crippen molar-refractivity contribution >= 4 is 45.3 Å². The number of hydrogen-bond donors (Lipinski definition) is 0. The molecule has 5 heteroatoms. The summed E-state index contributed by atoms with van der Waals surface area (Å²) in [5.74, 6) is 0.897. The summed E-state index contributed by atoms with van der Waals surface area (Å²) >= 11 is 5.12. The molecule has 1 aliphatic heterocycles. The molecule has 17 heavy (non-hydrogen) atoms. The molecule has 0 saturated carbocycles. The lowest BCUT2D eigenvalue weighted by Gasteiger charge is -2.07. The van der Waals surface area contributed by atoms with E-state index < -0.39 is 0 Å². The van der Waals surface area contributed by atoms with Gasteiger partial charge in [-0.05, 0) is 31.5 Å². The Kier molecular flexibility index (Phi) is 5.35. The molecule has 0 radical (unpaired) electrons. The van der Waals surface area contributed by atoms with Crippen LogP contribution in [0.3, 0.4) is 0 Å². The number of rotatable bonds is 2. The summed E-state index contributed by atoms with van der Waals surface area (Å²) < 4.78 is 6.63. The highest BCUT2D eigenvalue weighted by Gasteiger charge is 2.26. The number of thioether (sulfide) groups is 1. The van der Waals surface area contributed by atoms with Crippen molar-refractivity contribution in [1.29, 1.82) is 0 Å². The molecule has 0 aliphatic carbocycles. The van der Waals surface area contributed by atoms with E-state index in [0.29, 0.717) is 6.61 Å². The van der Waals surface area contributed by atoms with Gasteiger partial charge in [0.15, 0.2) is 0 Å². The fourth-order valence-electron chi connectivity index (χ4n) is 1.40. The van der Waals surface area contributed by atoms with E-state index in [9.17, 15) is 0 Å². The van der Waals surface area contributed by atoms with Gasteiger partial charge in [-0.25, -0.2) is 4.99 Å². The van der Waals surface area contributed by atoms with Crippen LogP contribution in [0, 0.1) is 0 Å². The molecule has 0 atom stereocenters. The van der Waals surface area contributed by atoms with Crippen LogP contribution in [-0.2, 0) is 10.5 Å². The maximum Gasteiger partial charge on any atom is 0.246 e. The first-order valence-electron chi connectivity index (χ1n) is 5.15. The molecule has 0 amide bonds. The van der Waals surface area contributed by atoms with Crippen molar-refractivity contribution in [3.8, 4) is 0 Å². The molecule has 94 valence electrons. The molecule has 1 aliphatic rings. The minimum absolute atomic E-state index is 0. The van der Waals surface area contributed by atoms with Gasteiger partial charge in [0, 0.05) is 10.2 Å². The first kappa shape index (κ1) is 14.9. The lowest BCUT2D eigenvalue weighted by Crippen LogP contribution is -2.17. The molecule has 0 spiro atoms. The van der Waals surface area contributed by atoms with E-state index in [4.69, 9.17) is 4.74 Å². The SMILES string of the molecule is CC1(C)COC(SCc2cccc(Br)c2)=N1.Cl. The lowest BCUT2D eigenvalue weighted by molar-refractivity contribution is 0.284. The molecule has 0 bridgehead atoms. The Morgan fingerprint density at radius 2 is 2.24 bits per heavy atom. The number of nitrogens with zero attached hydrogens (tertiary/aromatic N) is 1. The van der Waals surface area contributed by atoms with E-state index in [2.05, 4.69) is 46.9 Å². The molecule has 0 unspecified atom stereocenters. The minimum Gasteiger partial charge on any atom is -0.470 e. The Hall–Kier alpha value is -0.190. The highest BCUT2D eigenvalue weighted by atomic mass is 79.9. The molecule has 1 heterocycles. The molecule has 2 nitrogen and oxygen atoms in total. The largest absolute Gasteiger partial charge is 0.470 e. The van der Waals surface area contributed by atoms with Gasteiger partial charge in [-0.1, -0.05) is 39.8 Å². The van der Waals surface area contributed by atoms with Crippen LogP contribution in [0.15, 0.2) is 33.7 Å². The topological polar surface area (TPSA) is 21.6 Å². The zero-order valence-corrected chi connectivity index (χ0v) is 13.0. The van der Waals surface area contributed by atoms with Gasteiger partial charge in [-0.3, -0.25) is 0 Å². The first-order valence-corrected chi connectivity index (χ1v) is 6.93. The summed E-state index contributed by atoms with van der Waals surface area (Å²) in [7, 11) is 0. The summed E-state index contributed by atoms with van der Waals surface area (Å²) in [5.41, 5.74) is 1.22. The Morgan fingerprint density at radius 1 is 1.47 bits per heavy atom. The smallest absolute Gasteiger partial charge is 0.246 e. The number of aliphatic imine (C=N–C) groups is 1. The van der Waals surface area contributed by atoms with Gasteiger partial charge in [0.05, 0.1) is 5.54 Å². The van der Waals surface area contributed by atoms with E-state index in [0.717, 1.165) is 15.5 Å². The van der Waals surface area contributed by atoms with Gasteiger partial charge in [0.2, 0.25) is 5.23 Å². The molecular formula is C12H15BrClNOS. The third kappa shape index (κ3) is 4.53. The van der Waals surface area contributed by atoms with Crippen molar-refractivity contribution < 1.29 is 4.74 Å². The molecule has 0 fully saturated rings. The van der Waals surface area contributed by atoms with Crippen LogP contribution in [-0.4, -0.2) is 17.4 Å². The average molecular weight is 337 g/mol. The zero-order valence-electron chi connectivity index (χ0n) is 9.77.